The summed E-state index contributed by atoms with van der Waals surface area (Å²) in [5.74, 6) is 0.982. The summed E-state index contributed by atoms with van der Waals surface area (Å²) >= 11 is 0. The highest BCUT2D eigenvalue weighted by molar-refractivity contribution is 6.35. The third-order valence-corrected chi connectivity index (χ3v) is 6.47. The summed E-state index contributed by atoms with van der Waals surface area (Å²) < 4.78 is 31.1. The van der Waals surface area contributed by atoms with E-state index < -0.39 is 5.82 Å². The van der Waals surface area contributed by atoms with Gasteiger partial charge in [0.25, 0.3) is 5.91 Å². The molecule has 0 bridgehead atoms. The summed E-state index contributed by atoms with van der Waals surface area (Å²) in [6, 6.07) is 18.6. The van der Waals surface area contributed by atoms with E-state index in [1.54, 1.807) is 53.4 Å². The van der Waals surface area contributed by atoms with Crippen molar-refractivity contribution in [2.24, 2.45) is 0 Å². The molecule has 188 valence electrons. The number of nitrogens with zero attached hydrogens (tertiary/aromatic N) is 3. The molecule has 1 fully saturated rings. The zero-order valence-electron chi connectivity index (χ0n) is 20.4. The SMILES string of the molecule is COc1cc(C=C2C(=O)N(CCN3CCOCC3)c3ccc(F)cc32)ccc1Oc1ccc(C#N)cc1. The average Bonchev–Trinajstić information content (AvgIpc) is 3.18. The number of hydrogen-bond donors (Lipinski definition) is 0. The van der Waals surface area contributed by atoms with Crippen LogP contribution < -0.4 is 14.4 Å². The van der Waals surface area contributed by atoms with Gasteiger partial charge >= 0.3 is 0 Å². The fraction of sp³-hybridized carbons (Fsp3) is 0.241. The maximum atomic E-state index is 14.2. The number of morpholine rings is 1. The fourth-order valence-corrected chi connectivity index (χ4v) is 4.51. The van der Waals surface area contributed by atoms with Gasteiger partial charge in [0.1, 0.15) is 11.6 Å². The Morgan fingerprint density at radius 2 is 1.81 bits per heavy atom. The number of carbonyl (C=O) groups is 1. The summed E-state index contributed by atoms with van der Waals surface area (Å²) in [4.78, 5) is 17.5. The zero-order valence-corrected chi connectivity index (χ0v) is 20.4. The molecule has 2 aliphatic rings. The number of ether oxygens (including phenoxy) is 3. The Balaban J connectivity index is 1.40. The number of anilines is 1. The first-order valence-corrected chi connectivity index (χ1v) is 12.1. The highest BCUT2D eigenvalue weighted by Gasteiger charge is 2.33. The number of methoxy groups -OCH3 is 1. The van der Waals surface area contributed by atoms with Gasteiger partial charge in [-0.05, 0) is 66.2 Å². The number of amides is 1. The molecule has 1 amide bonds. The maximum Gasteiger partial charge on any atom is 0.259 e. The smallest absolute Gasteiger partial charge is 0.259 e. The van der Waals surface area contributed by atoms with Crippen LogP contribution in [0.1, 0.15) is 16.7 Å². The number of halogens is 1. The largest absolute Gasteiger partial charge is 0.493 e. The summed E-state index contributed by atoms with van der Waals surface area (Å²) in [7, 11) is 1.54. The van der Waals surface area contributed by atoms with Crippen LogP contribution >= 0.6 is 0 Å². The van der Waals surface area contributed by atoms with Crippen LogP contribution in [0.5, 0.6) is 17.2 Å². The average molecular weight is 500 g/mol. The Hall–Kier alpha value is -4.19. The van der Waals surface area contributed by atoms with Gasteiger partial charge in [-0.25, -0.2) is 4.39 Å². The van der Waals surface area contributed by atoms with Crippen LogP contribution in [0.2, 0.25) is 0 Å². The van der Waals surface area contributed by atoms with Crippen LogP contribution in [0.4, 0.5) is 10.1 Å². The number of carbonyl (C=O) groups excluding carboxylic acids is 1. The molecule has 0 atom stereocenters. The maximum absolute atomic E-state index is 14.2. The van der Waals surface area contributed by atoms with Gasteiger partial charge in [-0.3, -0.25) is 9.69 Å². The molecule has 7 nitrogen and oxygen atoms in total. The fourth-order valence-electron chi connectivity index (χ4n) is 4.51. The van der Waals surface area contributed by atoms with Crippen molar-refractivity contribution in [1.29, 1.82) is 5.26 Å². The summed E-state index contributed by atoms with van der Waals surface area (Å²) in [5, 5.41) is 8.98. The third kappa shape index (κ3) is 5.33. The Bertz CT molecular complexity index is 1370. The number of benzene rings is 3. The van der Waals surface area contributed by atoms with E-state index >= 15 is 0 Å². The molecule has 2 heterocycles. The lowest BCUT2D eigenvalue weighted by atomic mass is 10.0. The number of fused-ring (bicyclic) bond motifs is 1. The highest BCUT2D eigenvalue weighted by atomic mass is 19.1. The number of hydrogen-bond acceptors (Lipinski definition) is 6. The van der Waals surface area contributed by atoms with Crippen LogP contribution in [-0.4, -0.2) is 57.3 Å². The van der Waals surface area contributed by atoms with E-state index in [-0.39, 0.29) is 5.91 Å². The predicted molar refractivity (Wildman–Crippen MR) is 138 cm³/mol. The van der Waals surface area contributed by atoms with Gasteiger partial charge in [0.2, 0.25) is 0 Å². The first-order valence-electron chi connectivity index (χ1n) is 12.1. The summed E-state index contributed by atoms with van der Waals surface area (Å²) in [6.07, 6.45) is 1.75. The van der Waals surface area contributed by atoms with Crippen LogP contribution in [0.3, 0.4) is 0 Å². The van der Waals surface area contributed by atoms with Crippen LogP contribution in [-0.2, 0) is 9.53 Å². The van der Waals surface area contributed by atoms with E-state index in [2.05, 4.69) is 11.0 Å². The van der Waals surface area contributed by atoms with Gasteiger partial charge in [0, 0.05) is 37.3 Å². The second-order valence-electron chi connectivity index (χ2n) is 8.78. The van der Waals surface area contributed by atoms with Crippen molar-refractivity contribution in [3.05, 3.63) is 83.2 Å². The minimum atomic E-state index is -0.392. The van der Waals surface area contributed by atoms with Crippen LogP contribution in [0, 0.1) is 17.1 Å². The van der Waals surface area contributed by atoms with Gasteiger partial charge in [0.05, 0.1) is 37.6 Å². The van der Waals surface area contributed by atoms with Crippen molar-refractivity contribution in [3.63, 3.8) is 0 Å². The Morgan fingerprint density at radius 3 is 2.54 bits per heavy atom. The van der Waals surface area contributed by atoms with Crippen molar-refractivity contribution < 1.29 is 23.4 Å². The molecule has 0 N–H and O–H groups in total. The van der Waals surface area contributed by atoms with Gasteiger partial charge in [-0.2, -0.15) is 5.26 Å². The van der Waals surface area contributed by atoms with E-state index in [9.17, 15) is 9.18 Å². The minimum Gasteiger partial charge on any atom is -0.493 e. The molecule has 0 radical (unpaired) electrons. The van der Waals surface area contributed by atoms with E-state index in [4.69, 9.17) is 19.5 Å². The van der Waals surface area contributed by atoms with E-state index in [0.29, 0.717) is 65.9 Å². The van der Waals surface area contributed by atoms with E-state index in [1.165, 1.54) is 19.2 Å². The molecule has 0 aromatic heterocycles. The normalized spacial score (nSPS) is 16.5. The van der Waals surface area contributed by atoms with Gasteiger partial charge in [-0.1, -0.05) is 6.07 Å². The Kier molecular flexibility index (Phi) is 7.17. The van der Waals surface area contributed by atoms with Gasteiger partial charge in [-0.15, -0.1) is 0 Å². The van der Waals surface area contributed by atoms with Crippen molar-refractivity contribution >= 4 is 23.2 Å². The minimum absolute atomic E-state index is 0.161. The number of rotatable bonds is 7. The molecule has 5 rings (SSSR count). The molecule has 37 heavy (non-hydrogen) atoms. The number of nitriles is 1. The quantitative estimate of drug-likeness (QED) is 0.438. The lowest BCUT2D eigenvalue weighted by molar-refractivity contribution is -0.113. The Labute approximate surface area is 214 Å². The third-order valence-electron chi connectivity index (χ3n) is 6.47. The molecule has 3 aromatic carbocycles. The van der Waals surface area contributed by atoms with Crippen molar-refractivity contribution in [1.82, 2.24) is 4.90 Å². The molecule has 2 aliphatic heterocycles. The zero-order chi connectivity index (χ0) is 25.8. The van der Waals surface area contributed by atoms with E-state index in [0.717, 1.165) is 18.7 Å². The molecule has 0 aliphatic carbocycles. The summed E-state index contributed by atoms with van der Waals surface area (Å²) in [6.45, 7) is 4.26. The molecular formula is C29H26FN3O4. The molecular weight excluding hydrogens is 473 g/mol. The van der Waals surface area contributed by atoms with Crippen molar-refractivity contribution in [2.45, 2.75) is 0 Å². The van der Waals surface area contributed by atoms with Crippen molar-refractivity contribution in [3.8, 4) is 23.3 Å². The monoisotopic (exact) mass is 499 g/mol. The second kappa shape index (κ2) is 10.8. The second-order valence-corrected chi connectivity index (χ2v) is 8.78. The van der Waals surface area contributed by atoms with Crippen molar-refractivity contribution in [2.75, 3.05) is 51.4 Å². The lowest BCUT2D eigenvalue weighted by Crippen LogP contribution is -2.42. The van der Waals surface area contributed by atoms with Gasteiger partial charge in [0.15, 0.2) is 11.5 Å². The standard InChI is InChI=1S/C29H26FN3O4/c1-35-28-17-21(4-9-27(28)37-23-6-2-20(19-31)3-7-23)16-25-24-18-22(30)5-8-26(24)33(29(25)34)11-10-32-12-14-36-15-13-32/h2-9,16-18H,10-15H2,1H3. The molecule has 3 aromatic rings. The topological polar surface area (TPSA) is 75.0 Å². The summed E-state index contributed by atoms with van der Waals surface area (Å²) in [5.41, 5.74) is 2.97. The predicted octanol–water partition coefficient (Wildman–Crippen LogP) is 4.72. The lowest BCUT2D eigenvalue weighted by Gasteiger charge is -2.28. The van der Waals surface area contributed by atoms with Gasteiger partial charge < -0.3 is 19.1 Å². The molecule has 0 spiro atoms. The van der Waals surface area contributed by atoms with Crippen LogP contribution in [0.15, 0.2) is 60.7 Å². The molecule has 0 unspecified atom stereocenters. The Morgan fingerprint density at radius 1 is 1.03 bits per heavy atom. The highest BCUT2D eigenvalue weighted by Crippen LogP contribution is 2.39. The van der Waals surface area contributed by atoms with E-state index in [1.807, 2.05) is 6.07 Å². The van der Waals surface area contributed by atoms with Crippen LogP contribution in [0.25, 0.3) is 11.6 Å². The molecule has 0 saturated carbocycles. The molecule has 1 saturated heterocycles. The molecule has 8 heteroatoms. The first kappa shape index (κ1) is 24.5. The first-order chi connectivity index (χ1) is 18.1.